The van der Waals surface area contributed by atoms with Crippen LogP contribution >= 0.6 is 0 Å². The quantitative estimate of drug-likeness (QED) is 0.727. The van der Waals surface area contributed by atoms with E-state index in [1.54, 1.807) is 12.4 Å². The minimum atomic E-state index is 0.845. The lowest BCUT2D eigenvalue weighted by atomic mass is 10.2. The molecule has 18 heavy (non-hydrogen) atoms. The van der Waals surface area contributed by atoms with E-state index in [9.17, 15) is 0 Å². The van der Waals surface area contributed by atoms with E-state index in [-0.39, 0.29) is 0 Å². The highest BCUT2D eigenvalue weighted by atomic mass is 14.9. The summed E-state index contributed by atoms with van der Waals surface area (Å²) in [5.41, 5.74) is 3.93. The van der Waals surface area contributed by atoms with E-state index >= 15 is 0 Å². The van der Waals surface area contributed by atoms with E-state index in [4.69, 9.17) is 0 Å². The van der Waals surface area contributed by atoms with Gasteiger partial charge in [-0.2, -0.15) is 0 Å². The fourth-order valence-electron chi connectivity index (χ4n) is 1.91. The highest BCUT2D eigenvalue weighted by molar-refractivity contribution is 5.86. The monoisotopic (exact) mass is 235 g/mol. The molecule has 3 rings (SSSR count). The van der Waals surface area contributed by atoms with Crippen molar-refractivity contribution < 1.29 is 0 Å². The third-order valence-electron chi connectivity index (χ3n) is 2.83. The van der Waals surface area contributed by atoms with Gasteiger partial charge in [0.2, 0.25) is 0 Å². The van der Waals surface area contributed by atoms with Crippen LogP contribution in [0.15, 0.2) is 61.4 Å². The van der Waals surface area contributed by atoms with E-state index in [1.807, 2.05) is 24.3 Å². The predicted octanol–water partition coefficient (Wildman–Crippen LogP) is 3.65. The predicted molar refractivity (Wildman–Crippen MR) is 75.2 cm³/mol. The summed E-state index contributed by atoms with van der Waals surface area (Å²) in [5.74, 6) is 0. The number of H-pyrrole nitrogens is 1. The zero-order valence-corrected chi connectivity index (χ0v) is 9.85. The topological polar surface area (TPSA) is 40.7 Å². The molecule has 88 valence electrons. The maximum Gasteiger partial charge on any atom is 0.0624 e. The third-order valence-corrected chi connectivity index (χ3v) is 2.83. The molecule has 0 aliphatic heterocycles. The van der Waals surface area contributed by atoms with Crippen LogP contribution in [0.4, 0.5) is 5.69 Å². The van der Waals surface area contributed by atoms with E-state index in [0.717, 1.165) is 22.6 Å². The standard InChI is InChI=1S/C15H13N3/c1-11(17-13-6-8-16-9-7-13)15-10-12-4-2-3-5-14(12)18-15/h2-10,18H,1H2,(H,16,17). The number of anilines is 1. The SMILES string of the molecule is C=C(Nc1ccncc1)c1cc2ccccc2[nH]1. The van der Waals surface area contributed by atoms with E-state index in [0.29, 0.717) is 0 Å². The average Bonchev–Trinajstić information content (AvgIpc) is 2.84. The van der Waals surface area contributed by atoms with Crippen LogP contribution in [0.5, 0.6) is 0 Å². The fourth-order valence-corrected chi connectivity index (χ4v) is 1.91. The number of aromatic amines is 1. The van der Waals surface area contributed by atoms with Gasteiger partial charge in [-0.3, -0.25) is 4.98 Å². The van der Waals surface area contributed by atoms with E-state index in [1.165, 1.54) is 5.39 Å². The Kier molecular flexibility index (Phi) is 2.57. The Hall–Kier alpha value is -2.55. The zero-order chi connectivity index (χ0) is 12.4. The Morgan fingerprint density at radius 3 is 2.67 bits per heavy atom. The molecular formula is C15H13N3. The number of hydrogen-bond donors (Lipinski definition) is 2. The molecule has 0 fully saturated rings. The van der Waals surface area contributed by atoms with Crippen LogP contribution in [-0.4, -0.2) is 9.97 Å². The van der Waals surface area contributed by atoms with Gasteiger partial charge in [0, 0.05) is 29.0 Å². The number of nitrogens with one attached hydrogen (secondary N) is 2. The maximum atomic E-state index is 4.05. The highest BCUT2D eigenvalue weighted by Gasteiger charge is 2.03. The second-order valence-corrected chi connectivity index (χ2v) is 4.11. The molecule has 1 aromatic carbocycles. The number of benzene rings is 1. The van der Waals surface area contributed by atoms with E-state index < -0.39 is 0 Å². The second kappa shape index (κ2) is 4.37. The van der Waals surface area contributed by atoms with Gasteiger partial charge < -0.3 is 10.3 Å². The van der Waals surface area contributed by atoms with Gasteiger partial charge in [-0.1, -0.05) is 24.8 Å². The van der Waals surface area contributed by atoms with Crippen LogP contribution in [0.25, 0.3) is 16.6 Å². The van der Waals surface area contributed by atoms with Crippen molar-refractivity contribution in [2.24, 2.45) is 0 Å². The minimum absolute atomic E-state index is 0.845. The van der Waals surface area contributed by atoms with Gasteiger partial charge >= 0.3 is 0 Å². The smallest absolute Gasteiger partial charge is 0.0624 e. The molecule has 0 radical (unpaired) electrons. The largest absolute Gasteiger partial charge is 0.354 e. The molecule has 2 aromatic heterocycles. The molecule has 0 atom stereocenters. The van der Waals surface area contributed by atoms with Crippen molar-refractivity contribution in [3.63, 3.8) is 0 Å². The first-order valence-corrected chi connectivity index (χ1v) is 5.77. The van der Waals surface area contributed by atoms with Gasteiger partial charge in [-0.05, 0) is 24.3 Å². The van der Waals surface area contributed by atoms with Gasteiger partial charge in [0.05, 0.1) is 11.4 Å². The first-order chi connectivity index (χ1) is 8.83. The summed E-state index contributed by atoms with van der Waals surface area (Å²) in [5, 5.41) is 4.44. The van der Waals surface area contributed by atoms with E-state index in [2.05, 4.69) is 40.1 Å². The van der Waals surface area contributed by atoms with Gasteiger partial charge in [-0.25, -0.2) is 0 Å². The number of aromatic nitrogens is 2. The van der Waals surface area contributed by atoms with Crippen LogP contribution in [-0.2, 0) is 0 Å². The zero-order valence-electron chi connectivity index (χ0n) is 9.85. The summed E-state index contributed by atoms with van der Waals surface area (Å²) in [6, 6.07) is 14.1. The van der Waals surface area contributed by atoms with Gasteiger partial charge in [0.15, 0.2) is 0 Å². The molecule has 0 amide bonds. The molecule has 2 heterocycles. The lowest BCUT2D eigenvalue weighted by molar-refractivity contribution is 1.32. The van der Waals surface area contributed by atoms with Crippen molar-refractivity contribution in [3.8, 4) is 0 Å². The molecule has 0 unspecified atom stereocenters. The Morgan fingerprint density at radius 2 is 1.89 bits per heavy atom. The van der Waals surface area contributed by atoms with Crippen molar-refractivity contribution >= 4 is 22.3 Å². The average molecular weight is 235 g/mol. The number of fused-ring (bicyclic) bond motifs is 1. The van der Waals surface area contributed by atoms with Crippen LogP contribution in [0.2, 0.25) is 0 Å². The maximum absolute atomic E-state index is 4.05. The summed E-state index contributed by atoms with van der Waals surface area (Å²) < 4.78 is 0. The summed E-state index contributed by atoms with van der Waals surface area (Å²) in [7, 11) is 0. The Morgan fingerprint density at radius 1 is 1.11 bits per heavy atom. The van der Waals surface area contributed by atoms with Crippen molar-refractivity contribution in [2.75, 3.05) is 5.32 Å². The molecule has 2 N–H and O–H groups in total. The number of para-hydroxylation sites is 1. The molecule has 3 heteroatoms. The van der Waals surface area contributed by atoms with Crippen LogP contribution in [0.1, 0.15) is 5.69 Å². The van der Waals surface area contributed by atoms with Crippen molar-refractivity contribution in [1.82, 2.24) is 9.97 Å². The number of rotatable bonds is 3. The molecule has 3 aromatic rings. The summed E-state index contributed by atoms with van der Waals surface area (Å²) >= 11 is 0. The lowest BCUT2D eigenvalue weighted by Crippen LogP contribution is -1.97. The molecule has 0 spiro atoms. The van der Waals surface area contributed by atoms with Crippen molar-refractivity contribution in [1.29, 1.82) is 0 Å². The Balaban J connectivity index is 1.88. The Labute approximate surface area is 105 Å². The van der Waals surface area contributed by atoms with Crippen molar-refractivity contribution in [3.05, 3.63) is 67.1 Å². The summed E-state index contributed by atoms with van der Waals surface area (Å²) in [6.45, 7) is 4.05. The normalized spacial score (nSPS) is 10.4. The molecule has 0 aliphatic rings. The summed E-state index contributed by atoms with van der Waals surface area (Å²) in [4.78, 5) is 7.32. The first-order valence-electron chi connectivity index (χ1n) is 5.77. The molecule has 0 saturated heterocycles. The van der Waals surface area contributed by atoms with Crippen molar-refractivity contribution in [2.45, 2.75) is 0 Å². The second-order valence-electron chi connectivity index (χ2n) is 4.11. The van der Waals surface area contributed by atoms with Crippen LogP contribution in [0.3, 0.4) is 0 Å². The van der Waals surface area contributed by atoms with Gasteiger partial charge in [0.25, 0.3) is 0 Å². The molecule has 0 bridgehead atoms. The molecule has 3 nitrogen and oxygen atoms in total. The highest BCUT2D eigenvalue weighted by Crippen LogP contribution is 2.21. The fraction of sp³-hybridized carbons (Fsp3) is 0. The third kappa shape index (κ3) is 1.98. The molecule has 0 saturated carbocycles. The summed E-state index contributed by atoms with van der Waals surface area (Å²) in [6.07, 6.45) is 3.50. The van der Waals surface area contributed by atoms with Gasteiger partial charge in [0.1, 0.15) is 0 Å². The minimum Gasteiger partial charge on any atom is -0.354 e. The number of pyridine rings is 1. The van der Waals surface area contributed by atoms with Crippen LogP contribution < -0.4 is 5.32 Å². The lowest BCUT2D eigenvalue weighted by Gasteiger charge is -2.07. The Bertz CT molecular complexity index is 650. The van der Waals surface area contributed by atoms with Gasteiger partial charge in [-0.15, -0.1) is 0 Å². The molecule has 0 aliphatic carbocycles. The number of nitrogens with zero attached hydrogens (tertiary/aromatic N) is 1. The number of hydrogen-bond acceptors (Lipinski definition) is 2. The first kappa shape index (κ1) is 10.6. The van der Waals surface area contributed by atoms with Crippen LogP contribution in [0, 0.1) is 0 Å². The molecular weight excluding hydrogens is 222 g/mol.